The lowest BCUT2D eigenvalue weighted by Crippen LogP contribution is -2.61. The highest BCUT2D eigenvalue weighted by molar-refractivity contribution is 6.02. The number of Topliss-reactive ketones (excluding diaryl/α,β-unsaturated/α-hetero) is 2. The molecule has 0 saturated carbocycles. The highest BCUT2D eigenvalue weighted by Crippen LogP contribution is 2.56. The number of fused-ring (bicyclic) bond motifs is 2. The van der Waals surface area contributed by atoms with Crippen molar-refractivity contribution < 1.29 is 19.1 Å². The largest absolute Gasteiger partial charge is 0.477 e. The highest BCUT2D eigenvalue weighted by atomic mass is 16.6. The Morgan fingerprint density at radius 1 is 0.471 bits per heavy atom. The fraction of sp³-hybridized carbons (Fsp3) is 0.133. The molecule has 4 nitrogen and oxygen atoms in total. The third-order valence-electron chi connectivity index (χ3n) is 6.89. The lowest BCUT2D eigenvalue weighted by molar-refractivity contribution is -0.136. The van der Waals surface area contributed by atoms with Crippen molar-refractivity contribution in [1.82, 2.24) is 0 Å². The van der Waals surface area contributed by atoms with E-state index in [0.717, 1.165) is 11.1 Å². The Balaban J connectivity index is 1.67. The molecule has 0 aliphatic carbocycles. The predicted octanol–water partition coefficient (Wildman–Crippen LogP) is 6.11. The van der Waals surface area contributed by atoms with Crippen LogP contribution >= 0.6 is 0 Å². The van der Waals surface area contributed by atoms with Gasteiger partial charge in [-0.15, -0.1) is 0 Å². The molecule has 0 amide bonds. The standard InChI is InChI=1S/C30H22O4/c31-25-19-29(21-11-3-1-4-12-21,33-27-17-9-7-15-23(25)27)30(22-13-5-2-6-14-22)20-26(32)24-16-8-10-18-28(24)34-30/h1-18H,19-20H2. The van der Waals surface area contributed by atoms with Crippen molar-refractivity contribution in [2.45, 2.75) is 24.0 Å². The fourth-order valence-corrected chi connectivity index (χ4v) is 5.32. The van der Waals surface area contributed by atoms with E-state index < -0.39 is 11.2 Å². The summed E-state index contributed by atoms with van der Waals surface area (Å²) in [5, 5.41) is 0. The van der Waals surface area contributed by atoms with Crippen LogP contribution < -0.4 is 9.47 Å². The van der Waals surface area contributed by atoms with Gasteiger partial charge < -0.3 is 9.47 Å². The number of ether oxygens (including phenoxy) is 2. The van der Waals surface area contributed by atoms with Crippen LogP contribution in [0.5, 0.6) is 11.5 Å². The van der Waals surface area contributed by atoms with E-state index in [-0.39, 0.29) is 24.4 Å². The highest BCUT2D eigenvalue weighted by Gasteiger charge is 2.63. The normalized spacial score (nSPS) is 23.3. The summed E-state index contributed by atoms with van der Waals surface area (Å²) in [4.78, 5) is 27.2. The Morgan fingerprint density at radius 2 is 0.824 bits per heavy atom. The van der Waals surface area contributed by atoms with E-state index in [1.807, 2.05) is 84.9 Å². The molecule has 166 valence electrons. The van der Waals surface area contributed by atoms with Crippen molar-refractivity contribution in [2.24, 2.45) is 0 Å². The molecule has 4 aromatic carbocycles. The second-order valence-electron chi connectivity index (χ2n) is 8.78. The van der Waals surface area contributed by atoms with Gasteiger partial charge in [0.15, 0.2) is 22.8 Å². The zero-order valence-electron chi connectivity index (χ0n) is 18.4. The van der Waals surface area contributed by atoms with Crippen molar-refractivity contribution in [1.29, 1.82) is 0 Å². The van der Waals surface area contributed by atoms with E-state index in [9.17, 15) is 9.59 Å². The number of rotatable bonds is 3. The van der Waals surface area contributed by atoms with Crippen molar-refractivity contribution in [3.05, 3.63) is 131 Å². The van der Waals surface area contributed by atoms with Gasteiger partial charge in [0, 0.05) is 11.1 Å². The summed E-state index contributed by atoms with van der Waals surface area (Å²) in [6, 6.07) is 33.9. The van der Waals surface area contributed by atoms with E-state index in [1.54, 1.807) is 24.3 Å². The van der Waals surface area contributed by atoms with Gasteiger partial charge in [-0.2, -0.15) is 0 Å². The molecule has 2 heterocycles. The van der Waals surface area contributed by atoms with Crippen molar-refractivity contribution in [3.8, 4) is 11.5 Å². The Hall–Kier alpha value is -4.18. The van der Waals surface area contributed by atoms with Crippen LogP contribution in [0.3, 0.4) is 0 Å². The van der Waals surface area contributed by atoms with Gasteiger partial charge in [0.25, 0.3) is 0 Å². The summed E-state index contributed by atoms with van der Waals surface area (Å²) in [6.07, 6.45) is 0.0801. The maximum atomic E-state index is 13.6. The lowest BCUT2D eigenvalue weighted by Gasteiger charge is -2.53. The minimum absolute atomic E-state index is 0.0400. The zero-order valence-corrected chi connectivity index (χ0v) is 18.4. The molecule has 0 spiro atoms. The van der Waals surface area contributed by atoms with Crippen LogP contribution in [0.2, 0.25) is 0 Å². The summed E-state index contributed by atoms with van der Waals surface area (Å²) in [6.45, 7) is 0. The molecule has 0 N–H and O–H groups in total. The molecule has 2 aliphatic rings. The Kier molecular flexibility index (Phi) is 4.63. The van der Waals surface area contributed by atoms with Gasteiger partial charge in [-0.25, -0.2) is 0 Å². The molecule has 4 aromatic rings. The molecule has 0 bridgehead atoms. The van der Waals surface area contributed by atoms with Crippen molar-refractivity contribution >= 4 is 11.6 Å². The van der Waals surface area contributed by atoms with E-state index in [0.29, 0.717) is 22.6 Å². The smallest absolute Gasteiger partial charge is 0.185 e. The first-order valence-electron chi connectivity index (χ1n) is 11.4. The number of carbonyl (C=O) groups is 2. The number of hydrogen-bond acceptors (Lipinski definition) is 4. The first-order chi connectivity index (χ1) is 16.6. The average Bonchev–Trinajstić information content (AvgIpc) is 2.89. The summed E-state index contributed by atoms with van der Waals surface area (Å²) in [7, 11) is 0. The third kappa shape index (κ3) is 2.92. The van der Waals surface area contributed by atoms with E-state index in [2.05, 4.69) is 0 Å². The Labute approximate surface area is 197 Å². The van der Waals surface area contributed by atoms with E-state index in [4.69, 9.17) is 9.47 Å². The molecule has 34 heavy (non-hydrogen) atoms. The second-order valence-corrected chi connectivity index (χ2v) is 8.78. The molecular formula is C30H22O4. The van der Waals surface area contributed by atoms with E-state index in [1.165, 1.54) is 0 Å². The Bertz CT molecular complexity index is 1290. The fourth-order valence-electron chi connectivity index (χ4n) is 5.32. The van der Waals surface area contributed by atoms with Gasteiger partial charge in [-0.3, -0.25) is 9.59 Å². The molecule has 0 saturated heterocycles. The monoisotopic (exact) mass is 446 g/mol. The quantitative estimate of drug-likeness (QED) is 0.381. The third-order valence-corrected chi connectivity index (χ3v) is 6.89. The molecule has 4 heteroatoms. The summed E-state index contributed by atoms with van der Waals surface area (Å²) < 4.78 is 13.7. The number of carbonyl (C=O) groups excluding carboxylic acids is 2. The summed E-state index contributed by atoms with van der Waals surface area (Å²) in [5.41, 5.74) is 0.136. The van der Waals surface area contributed by atoms with Gasteiger partial charge in [0.1, 0.15) is 11.5 Å². The molecule has 2 atom stereocenters. The maximum absolute atomic E-state index is 13.6. The predicted molar refractivity (Wildman–Crippen MR) is 128 cm³/mol. The maximum Gasteiger partial charge on any atom is 0.185 e. The first-order valence-corrected chi connectivity index (χ1v) is 11.4. The van der Waals surface area contributed by atoms with Gasteiger partial charge in [-0.05, 0) is 24.3 Å². The van der Waals surface area contributed by atoms with Gasteiger partial charge in [-0.1, -0.05) is 84.9 Å². The molecule has 6 rings (SSSR count). The minimum Gasteiger partial charge on any atom is -0.477 e. The van der Waals surface area contributed by atoms with Crippen LogP contribution in [0.4, 0.5) is 0 Å². The van der Waals surface area contributed by atoms with Crippen LogP contribution in [0.1, 0.15) is 44.7 Å². The molecule has 2 unspecified atom stereocenters. The zero-order chi connectivity index (χ0) is 23.2. The number of para-hydroxylation sites is 2. The van der Waals surface area contributed by atoms with Crippen LogP contribution in [-0.2, 0) is 11.2 Å². The molecular weight excluding hydrogens is 424 g/mol. The number of ketones is 2. The molecule has 2 aliphatic heterocycles. The van der Waals surface area contributed by atoms with Gasteiger partial charge >= 0.3 is 0 Å². The summed E-state index contributed by atoms with van der Waals surface area (Å²) >= 11 is 0. The van der Waals surface area contributed by atoms with Gasteiger partial charge in [0.2, 0.25) is 0 Å². The second kappa shape index (κ2) is 7.70. The molecule has 0 fully saturated rings. The average molecular weight is 447 g/mol. The van der Waals surface area contributed by atoms with Gasteiger partial charge in [0.05, 0.1) is 24.0 Å². The van der Waals surface area contributed by atoms with Crippen LogP contribution in [0, 0.1) is 0 Å². The van der Waals surface area contributed by atoms with E-state index >= 15 is 0 Å². The number of benzene rings is 4. The van der Waals surface area contributed by atoms with Crippen LogP contribution in [0.15, 0.2) is 109 Å². The topological polar surface area (TPSA) is 52.6 Å². The Morgan fingerprint density at radius 3 is 1.24 bits per heavy atom. The SMILES string of the molecule is O=C1CC(c2ccccc2)(C2(c3ccccc3)CC(=O)c3ccccc3O2)Oc2ccccc21. The van der Waals surface area contributed by atoms with Crippen molar-refractivity contribution in [3.63, 3.8) is 0 Å². The van der Waals surface area contributed by atoms with Crippen LogP contribution in [-0.4, -0.2) is 11.6 Å². The number of hydrogen-bond donors (Lipinski definition) is 0. The van der Waals surface area contributed by atoms with Crippen LogP contribution in [0.25, 0.3) is 0 Å². The minimum atomic E-state index is -1.26. The molecule has 0 radical (unpaired) electrons. The summed E-state index contributed by atoms with van der Waals surface area (Å²) in [5.74, 6) is 0.896. The molecule has 0 aromatic heterocycles. The van der Waals surface area contributed by atoms with Crippen molar-refractivity contribution in [2.75, 3.05) is 0 Å². The lowest BCUT2D eigenvalue weighted by atomic mass is 9.65. The first kappa shape index (κ1) is 20.4.